The Morgan fingerprint density at radius 3 is 2.23 bits per heavy atom. The summed E-state index contributed by atoms with van der Waals surface area (Å²) in [5, 5.41) is 5.68. The molecular formula is C6H9F3N4. The number of alkyl halides is 3. The highest BCUT2D eigenvalue weighted by atomic mass is 19.4. The van der Waals surface area contributed by atoms with E-state index in [1.165, 1.54) is 6.92 Å². The maximum absolute atomic E-state index is 12.3. The molecule has 13 heavy (non-hydrogen) atoms. The highest BCUT2D eigenvalue weighted by Crippen LogP contribution is 2.34. The average Bonchev–Trinajstić information content (AvgIpc) is 2.33. The van der Waals surface area contributed by atoms with E-state index in [-0.39, 0.29) is 0 Å². The first kappa shape index (κ1) is 9.97. The molecule has 0 saturated heterocycles. The van der Waals surface area contributed by atoms with Gasteiger partial charge in [-0.3, -0.25) is 5.10 Å². The molecule has 0 aliphatic carbocycles. The van der Waals surface area contributed by atoms with Crippen molar-refractivity contribution in [3.05, 3.63) is 11.6 Å². The van der Waals surface area contributed by atoms with Gasteiger partial charge < -0.3 is 5.73 Å². The van der Waals surface area contributed by atoms with Gasteiger partial charge in [-0.15, -0.1) is 0 Å². The molecule has 1 aromatic rings. The molecule has 0 aromatic carbocycles. The fraction of sp³-hybridized carbons (Fsp3) is 0.667. The first-order chi connectivity index (χ1) is 5.75. The smallest absolute Gasteiger partial charge is 0.311 e. The summed E-state index contributed by atoms with van der Waals surface area (Å²) in [7, 11) is 0. The predicted molar refractivity (Wildman–Crippen MR) is 38.7 cm³/mol. The Balaban J connectivity index is 3.07. The van der Waals surface area contributed by atoms with Crippen LogP contribution in [0.2, 0.25) is 0 Å². The second kappa shape index (κ2) is 2.69. The Morgan fingerprint density at radius 2 is 1.92 bits per heavy atom. The van der Waals surface area contributed by atoms with Crippen LogP contribution < -0.4 is 5.73 Å². The number of nitrogens with one attached hydrogen (secondary N) is 1. The van der Waals surface area contributed by atoms with E-state index in [9.17, 15) is 13.2 Å². The quantitative estimate of drug-likeness (QED) is 0.696. The van der Waals surface area contributed by atoms with Crippen LogP contribution in [0.1, 0.15) is 18.6 Å². The number of H-pyrrole nitrogens is 1. The number of hydrogen-bond acceptors (Lipinski definition) is 3. The normalized spacial score (nSPS) is 17.1. The minimum Gasteiger partial charge on any atom is -0.311 e. The molecule has 0 aliphatic heterocycles. The van der Waals surface area contributed by atoms with Gasteiger partial charge in [-0.05, 0) is 13.8 Å². The second-order valence-corrected chi connectivity index (χ2v) is 2.94. The summed E-state index contributed by atoms with van der Waals surface area (Å²) in [4.78, 5) is 3.54. The lowest BCUT2D eigenvalue weighted by Gasteiger charge is -2.23. The van der Waals surface area contributed by atoms with Crippen molar-refractivity contribution < 1.29 is 13.2 Å². The van der Waals surface area contributed by atoms with Gasteiger partial charge in [0.05, 0.1) is 0 Å². The van der Waals surface area contributed by atoms with Crippen LogP contribution >= 0.6 is 0 Å². The van der Waals surface area contributed by atoms with E-state index in [0.717, 1.165) is 6.92 Å². The van der Waals surface area contributed by atoms with Gasteiger partial charge in [-0.2, -0.15) is 18.3 Å². The fourth-order valence-electron chi connectivity index (χ4n) is 0.702. The highest BCUT2D eigenvalue weighted by molar-refractivity contribution is 5.06. The lowest BCUT2D eigenvalue weighted by molar-refractivity contribution is -0.186. The number of aromatic nitrogens is 3. The molecule has 74 valence electrons. The standard InChI is InChI=1S/C6H9F3N4/c1-3-11-4(13-12-3)5(2,10)6(7,8)9/h10H2,1-2H3,(H,11,12,13). The molecule has 0 spiro atoms. The van der Waals surface area contributed by atoms with Crippen LogP contribution in [-0.4, -0.2) is 21.4 Å². The average molecular weight is 194 g/mol. The van der Waals surface area contributed by atoms with Gasteiger partial charge in [-0.1, -0.05) is 0 Å². The topological polar surface area (TPSA) is 67.6 Å². The molecule has 0 aliphatic rings. The van der Waals surface area contributed by atoms with E-state index in [1.807, 2.05) is 0 Å². The SMILES string of the molecule is Cc1nc(C(C)(N)C(F)(F)F)n[nH]1. The summed E-state index contributed by atoms with van der Waals surface area (Å²) >= 11 is 0. The number of halogens is 3. The second-order valence-electron chi connectivity index (χ2n) is 2.94. The molecular weight excluding hydrogens is 185 g/mol. The van der Waals surface area contributed by atoms with E-state index in [1.54, 1.807) is 0 Å². The number of aromatic amines is 1. The number of nitrogens with zero attached hydrogens (tertiary/aromatic N) is 2. The molecule has 1 atom stereocenters. The fourth-order valence-corrected chi connectivity index (χ4v) is 0.702. The van der Waals surface area contributed by atoms with Crippen LogP contribution in [0.5, 0.6) is 0 Å². The lowest BCUT2D eigenvalue weighted by Crippen LogP contribution is -2.48. The molecule has 1 unspecified atom stereocenters. The Kier molecular flexibility index (Phi) is 2.07. The molecule has 0 bridgehead atoms. The zero-order valence-electron chi connectivity index (χ0n) is 7.11. The summed E-state index contributed by atoms with van der Waals surface area (Å²) in [6.07, 6.45) is -4.55. The maximum atomic E-state index is 12.3. The first-order valence-electron chi connectivity index (χ1n) is 3.50. The molecule has 1 rings (SSSR count). The molecule has 1 aromatic heterocycles. The van der Waals surface area contributed by atoms with E-state index >= 15 is 0 Å². The van der Waals surface area contributed by atoms with Gasteiger partial charge in [-0.25, -0.2) is 4.98 Å². The van der Waals surface area contributed by atoms with E-state index in [0.29, 0.717) is 5.82 Å². The third-order valence-electron chi connectivity index (χ3n) is 1.65. The molecule has 4 nitrogen and oxygen atoms in total. The third kappa shape index (κ3) is 1.64. The Hall–Kier alpha value is -1.11. The lowest BCUT2D eigenvalue weighted by atomic mass is 10.0. The number of rotatable bonds is 1. The van der Waals surface area contributed by atoms with Crippen molar-refractivity contribution in [3.63, 3.8) is 0 Å². The van der Waals surface area contributed by atoms with E-state index in [2.05, 4.69) is 15.2 Å². The zero-order chi connectivity index (χ0) is 10.3. The number of nitrogens with two attached hydrogens (primary N) is 1. The van der Waals surface area contributed by atoms with Crippen LogP contribution in [0.3, 0.4) is 0 Å². The Bertz CT molecular complexity index is 301. The number of hydrogen-bond donors (Lipinski definition) is 2. The van der Waals surface area contributed by atoms with Gasteiger partial charge >= 0.3 is 6.18 Å². The van der Waals surface area contributed by atoms with Gasteiger partial charge in [0.1, 0.15) is 5.82 Å². The molecule has 0 saturated carbocycles. The largest absolute Gasteiger partial charge is 0.413 e. The zero-order valence-corrected chi connectivity index (χ0v) is 7.11. The molecule has 0 fully saturated rings. The third-order valence-corrected chi connectivity index (χ3v) is 1.65. The van der Waals surface area contributed by atoms with Crippen LogP contribution in [0, 0.1) is 6.92 Å². The van der Waals surface area contributed by atoms with Crippen molar-refractivity contribution in [1.82, 2.24) is 15.2 Å². The van der Waals surface area contributed by atoms with Crippen LogP contribution in [-0.2, 0) is 5.54 Å². The number of aryl methyl sites for hydroxylation is 1. The van der Waals surface area contributed by atoms with Crippen molar-refractivity contribution in [3.8, 4) is 0 Å². The van der Waals surface area contributed by atoms with Crippen molar-refractivity contribution in [2.45, 2.75) is 25.6 Å². The van der Waals surface area contributed by atoms with Crippen LogP contribution in [0.4, 0.5) is 13.2 Å². The summed E-state index contributed by atoms with van der Waals surface area (Å²) in [6, 6.07) is 0. The highest BCUT2D eigenvalue weighted by Gasteiger charge is 2.52. The molecule has 1 heterocycles. The molecule has 7 heteroatoms. The maximum Gasteiger partial charge on any atom is 0.413 e. The van der Waals surface area contributed by atoms with Gasteiger partial charge in [0.25, 0.3) is 0 Å². The molecule has 3 N–H and O–H groups in total. The predicted octanol–water partition coefficient (Wildman–Crippen LogP) is 0.849. The van der Waals surface area contributed by atoms with Crippen molar-refractivity contribution in [2.24, 2.45) is 5.73 Å². The summed E-state index contributed by atoms with van der Waals surface area (Å²) in [6.45, 7) is 2.33. The van der Waals surface area contributed by atoms with Gasteiger partial charge in [0.15, 0.2) is 11.4 Å². The van der Waals surface area contributed by atoms with Crippen molar-refractivity contribution in [2.75, 3.05) is 0 Å². The van der Waals surface area contributed by atoms with Crippen LogP contribution in [0.15, 0.2) is 0 Å². The molecule has 0 radical (unpaired) electrons. The van der Waals surface area contributed by atoms with Crippen molar-refractivity contribution in [1.29, 1.82) is 0 Å². The van der Waals surface area contributed by atoms with Gasteiger partial charge in [0.2, 0.25) is 0 Å². The first-order valence-corrected chi connectivity index (χ1v) is 3.50. The minimum atomic E-state index is -4.55. The Labute approximate surface area is 72.3 Å². The van der Waals surface area contributed by atoms with E-state index in [4.69, 9.17) is 5.73 Å². The molecule has 0 amide bonds. The van der Waals surface area contributed by atoms with Crippen molar-refractivity contribution >= 4 is 0 Å². The summed E-state index contributed by atoms with van der Waals surface area (Å²) in [5.41, 5.74) is 2.56. The minimum absolute atomic E-state index is 0.302. The summed E-state index contributed by atoms with van der Waals surface area (Å²) < 4.78 is 36.9. The van der Waals surface area contributed by atoms with E-state index < -0.39 is 17.5 Å². The van der Waals surface area contributed by atoms with Crippen LogP contribution in [0.25, 0.3) is 0 Å². The monoisotopic (exact) mass is 194 g/mol. The Morgan fingerprint density at radius 1 is 1.38 bits per heavy atom. The van der Waals surface area contributed by atoms with Gasteiger partial charge in [0, 0.05) is 0 Å². The summed E-state index contributed by atoms with van der Waals surface area (Å²) in [5.74, 6) is -0.145.